The number of benzene rings is 1. The molecule has 1 aromatic heterocycles. The largest absolute Gasteiger partial charge is 0.357 e. The molecule has 4 nitrogen and oxygen atoms in total. The Kier molecular flexibility index (Phi) is 4.07. The first-order valence-electron chi connectivity index (χ1n) is 5.44. The monoisotopic (exact) mass is 300 g/mol. The van der Waals surface area contributed by atoms with Gasteiger partial charge in [-0.05, 0) is 19.1 Å². The smallest absolute Gasteiger partial charge is 0.224 e. The van der Waals surface area contributed by atoms with Gasteiger partial charge < -0.3 is 10.6 Å². The highest BCUT2D eigenvalue weighted by Gasteiger charge is 2.09. The van der Waals surface area contributed by atoms with Crippen LogP contribution < -0.4 is 10.6 Å². The van der Waals surface area contributed by atoms with Crippen LogP contribution in [0.5, 0.6) is 0 Å². The molecule has 0 amide bonds. The Morgan fingerprint density at radius 3 is 2.42 bits per heavy atom. The highest BCUT2D eigenvalue weighted by atomic mass is 35.5. The van der Waals surface area contributed by atoms with Gasteiger partial charge in [-0.3, -0.25) is 0 Å². The van der Waals surface area contributed by atoms with Crippen LogP contribution in [0.15, 0.2) is 18.3 Å². The normalized spacial score (nSPS) is 10.4. The summed E-state index contributed by atoms with van der Waals surface area (Å²) in [6, 6.07) is 2.90. The third-order valence-electron chi connectivity index (χ3n) is 2.44. The molecule has 0 unspecified atom stereocenters. The summed E-state index contributed by atoms with van der Waals surface area (Å²) in [7, 11) is 1.72. The van der Waals surface area contributed by atoms with Gasteiger partial charge in [0, 0.05) is 24.5 Å². The summed E-state index contributed by atoms with van der Waals surface area (Å²) in [5.41, 5.74) is 1.40. The van der Waals surface area contributed by atoms with E-state index in [4.69, 9.17) is 23.2 Å². The first-order chi connectivity index (χ1) is 9.01. The van der Waals surface area contributed by atoms with E-state index in [-0.39, 0.29) is 10.0 Å². The maximum atomic E-state index is 13.3. The van der Waals surface area contributed by atoms with Crippen LogP contribution >= 0.6 is 23.2 Å². The zero-order valence-corrected chi connectivity index (χ0v) is 11.8. The molecule has 19 heavy (non-hydrogen) atoms. The van der Waals surface area contributed by atoms with Crippen molar-refractivity contribution in [2.75, 3.05) is 17.7 Å². The topological polar surface area (TPSA) is 49.8 Å². The zero-order valence-electron chi connectivity index (χ0n) is 10.3. The first kappa shape index (κ1) is 13.8. The van der Waals surface area contributed by atoms with E-state index in [9.17, 15) is 4.39 Å². The van der Waals surface area contributed by atoms with Crippen LogP contribution in [-0.2, 0) is 0 Å². The Hall–Kier alpha value is -1.59. The number of aryl methyl sites for hydroxylation is 1. The lowest BCUT2D eigenvalue weighted by Crippen LogP contribution is -2.02. The van der Waals surface area contributed by atoms with Crippen LogP contribution in [0.25, 0.3) is 0 Å². The second-order valence-corrected chi connectivity index (χ2v) is 4.67. The van der Waals surface area contributed by atoms with Gasteiger partial charge in [0.05, 0.1) is 10.0 Å². The second-order valence-electron chi connectivity index (χ2n) is 3.85. The van der Waals surface area contributed by atoms with Crippen molar-refractivity contribution in [1.29, 1.82) is 0 Å². The van der Waals surface area contributed by atoms with Gasteiger partial charge in [-0.25, -0.2) is 9.37 Å². The summed E-state index contributed by atoms with van der Waals surface area (Å²) in [6.45, 7) is 1.86. The Balaban J connectivity index is 2.36. The van der Waals surface area contributed by atoms with Crippen molar-refractivity contribution in [1.82, 2.24) is 9.97 Å². The Bertz CT molecular complexity index is 596. The molecule has 0 aliphatic carbocycles. The zero-order chi connectivity index (χ0) is 14.0. The van der Waals surface area contributed by atoms with Gasteiger partial charge in [-0.15, -0.1) is 0 Å². The molecule has 0 spiro atoms. The van der Waals surface area contributed by atoms with E-state index >= 15 is 0 Å². The third kappa shape index (κ3) is 3.05. The molecule has 1 heterocycles. The predicted octanol–water partition coefficient (Wildman–Crippen LogP) is 4.02. The molecule has 0 saturated carbocycles. The van der Waals surface area contributed by atoms with Crippen LogP contribution in [-0.4, -0.2) is 17.0 Å². The lowest BCUT2D eigenvalue weighted by Gasteiger charge is -2.10. The standard InChI is InChI=1S/C12H11Cl2FN4/c1-6-5-17-12(16-2)19-11(6)18-7-3-8(13)10(15)9(14)4-7/h3-5H,1-2H3,(H2,16,17,18,19). The lowest BCUT2D eigenvalue weighted by molar-refractivity contribution is 0.629. The molecular formula is C12H11Cl2FN4. The third-order valence-corrected chi connectivity index (χ3v) is 2.99. The number of nitrogens with zero attached hydrogens (tertiary/aromatic N) is 2. The van der Waals surface area contributed by atoms with Crippen molar-refractivity contribution in [3.63, 3.8) is 0 Å². The Labute approximate surface area is 120 Å². The summed E-state index contributed by atoms with van der Waals surface area (Å²) in [6.07, 6.45) is 1.67. The Morgan fingerprint density at radius 2 is 1.84 bits per heavy atom. The fourth-order valence-electron chi connectivity index (χ4n) is 1.45. The van der Waals surface area contributed by atoms with E-state index < -0.39 is 5.82 Å². The van der Waals surface area contributed by atoms with Crippen molar-refractivity contribution in [2.45, 2.75) is 6.92 Å². The average molecular weight is 301 g/mol. The number of hydrogen-bond acceptors (Lipinski definition) is 4. The van der Waals surface area contributed by atoms with Crippen LogP contribution in [0.1, 0.15) is 5.56 Å². The maximum Gasteiger partial charge on any atom is 0.224 e. The van der Waals surface area contributed by atoms with Crippen LogP contribution in [0.2, 0.25) is 10.0 Å². The molecule has 7 heteroatoms. The fraction of sp³-hybridized carbons (Fsp3) is 0.167. The van der Waals surface area contributed by atoms with Crippen molar-refractivity contribution in [3.05, 3.63) is 39.8 Å². The van der Waals surface area contributed by atoms with Gasteiger partial charge in [-0.1, -0.05) is 23.2 Å². The molecule has 0 bridgehead atoms. The van der Waals surface area contributed by atoms with Gasteiger partial charge >= 0.3 is 0 Å². The van der Waals surface area contributed by atoms with Crippen molar-refractivity contribution in [3.8, 4) is 0 Å². The highest BCUT2D eigenvalue weighted by molar-refractivity contribution is 6.35. The Morgan fingerprint density at radius 1 is 1.21 bits per heavy atom. The number of anilines is 3. The maximum absolute atomic E-state index is 13.3. The summed E-state index contributed by atoms with van der Waals surface area (Å²) >= 11 is 11.5. The minimum atomic E-state index is -0.635. The van der Waals surface area contributed by atoms with Gasteiger partial charge in [0.15, 0.2) is 5.82 Å². The molecule has 0 aliphatic rings. The molecule has 2 aromatic rings. The van der Waals surface area contributed by atoms with Gasteiger partial charge in [0.1, 0.15) is 5.82 Å². The van der Waals surface area contributed by atoms with Crippen LogP contribution in [0, 0.1) is 12.7 Å². The van der Waals surface area contributed by atoms with E-state index in [1.807, 2.05) is 6.92 Å². The molecule has 1 aromatic carbocycles. The molecular weight excluding hydrogens is 290 g/mol. The molecule has 0 fully saturated rings. The van der Waals surface area contributed by atoms with Crippen molar-refractivity contribution < 1.29 is 4.39 Å². The summed E-state index contributed by atoms with van der Waals surface area (Å²) in [5, 5.41) is 5.78. The van der Waals surface area contributed by atoms with Crippen molar-refractivity contribution >= 4 is 40.7 Å². The average Bonchev–Trinajstić information content (AvgIpc) is 2.38. The van der Waals surface area contributed by atoms with E-state index in [2.05, 4.69) is 20.6 Å². The quantitative estimate of drug-likeness (QED) is 0.841. The highest BCUT2D eigenvalue weighted by Crippen LogP contribution is 2.29. The summed E-state index contributed by atoms with van der Waals surface area (Å²) in [5.74, 6) is 0.440. The number of halogens is 3. The number of aromatic nitrogens is 2. The second kappa shape index (κ2) is 5.59. The number of rotatable bonds is 3. The van der Waals surface area contributed by atoms with Gasteiger partial charge in [-0.2, -0.15) is 4.98 Å². The molecule has 0 saturated heterocycles. The van der Waals surface area contributed by atoms with Gasteiger partial charge in [0.2, 0.25) is 5.95 Å². The first-order valence-corrected chi connectivity index (χ1v) is 6.20. The van der Waals surface area contributed by atoms with E-state index in [0.29, 0.717) is 17.5 Å². The summed E-state index contributed by atoms with van der Waals surface area (Å²) in [4.78, 5) is 8.33. The SMILES string of the molecule is CNc1ncc(C)c(Nc2cc(Cl)c(F)c(Cl)c2)n1. The van der Waals surface area contributed by atoms with Crippen LogP contribution in [0.3, 0.4) is 0 Å². The predicted molar refractivity (Wildman–Crippen MR) is 76.0 cm³/mol. The molecule has 100 valence electrons. The molecule has 0 radical (unpaired) electrons. The van der Waals surface area contributed by atoms with Crippen molar-refractivity contribution in [2.24, 2.45) is 0 Å². The van der Waals surface area contributed by atoms with E-state index in [1.54, 1.807) is 13.2 Å². The minimum absolute atomic E-state index is 0.0458. The van der Waals surface area contributed by atoms with Gasteiger partial charge in [0.25, 0.3) is 0 Å². The summed E-state index contributed by atoms with van der Waals surface area (Å²) < 4.78 is 13.3. The number of nitrogens with one attached hydrogen (secondary N) is 2. The van der Waals surface area contributed by atoms with E-state index in [1.165, 1.54) is 12.1 Å². The molecule has 2 rings (SSSR count). The van der Waals surface area contributed by atoms with Crippen LogP contribution in [0.4, 0.5) is 21.8 Å². The van der Waals surface area contributed by atoms with E-state index in [0.717, 1.165) is 5.56 Å². The fourth-order valence-corrected chi connectivity index (χ4v) is 1.94. The molecule has 2 N–H and O–H groups in total. The molecule has 0 atom stereocenters. The lowest BCUT2D eigenvalue weighted by atomic mass is 10.3. The molecule has 0 aliphatic heterocycles. The number of hydrogen-bond donors (Lipinski definition) is 2. The minimum Gasteiger partial charge on any atom is -0.357 e.